The number of ether oxygens (including phenoxy) is 1. The fourth-order valence-corrected chi connectivity index (χ4v) is 3.80. The van der Waals surface area contributed by atoms with Gasteiger partial charge in [-0.25, -0.2) is 13.2 Å². The molecule has 0 aromatic heterocycles. The highest BCUT2D eigenvalue weighted by Crippen LogP contribution is 2.23. The second-order valence-electron chi connectivity index (χ2n) is 5.75. The van der Waals surface area contributed by atoms with Crippen LogP contribution in [0.2, 0.25) is 0 Å². The molecule has 0 saturated carbocycles. The predicted molar refractivity (Wildman–Crippen MR) is 95.7 cm³/mol. The molecule has 140 valence electrons. The van der Waals surface area contributed by atoms with Gasteiger partial charge in [-0.2, -0.15) is 0 Å². The van der Waals surface area contributed by atoms with E-state index in [2.05, 4.69) is 9.71 Å². The summed E-state index contributed by atoms with van der Waals surface area (Å²) in [6, 6.07) is 11.2. The first kappa shape index (κ1) is 18.5. The number of esters is 1. The number of hydrogen-bond acceptors (Lipinski definition) is 7. The van der Waals surface area contributed by atoms with Crippen molar-refractivity contribution >= 4 is 27.5 Å². The number of nitrogens with zero attached hydrogens (tertiary/aromatic N) is 2. The molecule has 2 aromatic rings. The smallest absolute Gasteiger partial charge is 0.330 e. The number of nitro benzene ring substituents is 1. The van der Waals surface area contributed by atoms with Gasteiger partial charge in [0.1, 0.15) is 18.5 Å². The van der Waals surface area contributed by atoms with Crippen LogP contribution in [0.3, 0.4) is 0 Å². The van der Waals surface area contributed by atoms with Crippen molar-refractivity contribution < 1.29 is 22.9 Å². The summed E-state index contributed by atoms with van der Waals surface area (Å²) in [6.07, 6.45) is 0. The zero-order valence-electron chi connectivity index (χ0n) is 14.2. The summed E-state index contributed by atoms with van der Waals surface area (Å²) >= 11 is 0. The number of amidine groups is 1. The number of nitrogens with one attached hydrogen (secondary N) is 1. The summed E-state index contributed by atoms with van der Waals surface area (Å²) < 4.78 is 31.5. The largest absolute Gasteiger partial charge is 0.459 e. The van der Waals surface area contributed by atoms with Gasteiger partial charge in [-0.15, -0.1) is 0 Å². The van der Waals surface area contributed by atoms with Gasteiger partial charge >= 0.3 is 5.97 Å². The molecule has 3 rings (SSSR count). The van der Waals surface area contributed by atoms with Crippen molar-refractivity contribution in [1.82, 2.24) is 4.72 Å². The minimum absolute atomic E-state index is 0.0562. The second kappa shape index (κ2) is 7.16. The molecule has 1 aliphatic heterocycles. The summed E-state index contributed by atoms with van der Waals surface area (Å²) in [7, 11) is -3.70. The van der Waals surface area contributed by atoms with Crippen LogP contribution in [0.15, 0.2) is 58.4 Å². The Morgan fingerprint density at radius 3 is 2.63 bits per heavy atom. The molecule has 1 N–H and O–H groups in total. The Bertz CT molecular complexity index is 1050. The number of nitro groups is 1. The second-order valence-corrected chi connectivity index (χ2v) is 7.40. The molecule has 27 heavy (non-hydrogen) atoms. The standard InChI is InChI=1S/C17H15N3O6S/c1-11(17(21)26-10-12-6-2-4-8-14(12)20(22)23)18-16-13-7-3-5-9-15(13)27(24,25)19-16/h2-9,11H,10H2,1H3,(H,18,19)/t11-/m0/s1. The number of rotatable bonds is 5. The average molecular weight is 389 g/mol. The number of fused-ring (bicyclic) bond motifs is 1. The number of para-hydroxylation sites is 1. The topological polar surface area (TPSA) is 128 Å². The van der Waals surface area contributed by atoms with E-state index in [4.69, 9.17) is 4.74 Å². The quantitative estimate of drug-likeness (QED) is 0.471. The summed E-state index contributed by atoms with van der Waals surface area (Å²) in [5.41, 5.74) is 0.472. The Kier molecular flexibility index (Phi) is 4.91. The first-order valence-corrected chi connectivity index (χ1v) is 9.37. The molecule has 1 atom stereocenters. The van der Waals surface area contributed by atoms with E-state index in [9.17, 15) is 23.3 Å². The minimum Gasteiger partial charge on any atom is -0.459 e. The molecule has 10 heteroatoms. The van der Waals surface area contributed by atoms with E-state index in [0.29, 0.717) is 5.56 Å². The van der Waals surface area contributed by atoms with E-state index in [-0.39, 0.29) is 28.6 Å². The van der Waals surface area contributed by atoms with Crippen LogP contribution in [0.1, 0.15) is 18.1 Å². The van der Waals surface area contributed by atoms with Gasteiger partial charge in [-0.3, -0.25) is 19.8 Å². The van der Waals surface area contributed by atoms with Crippen molar-refractivity contribution in [3.63, 3.8) is 0 Å². The van der Waals surface area contributed by atoms with Crippen LogP contribution in [0.25, 0.3) is 0 Å². The van der Waals surface area contributed by atoms with Crippen LogP contribution in [-0.2, 0) is 26.2 Å². The van der Waals surface area contributed by atoms with Crippen LogP contribution in [0.4, 0.5) is 5.69 Å². The van der Waals surface area contributed by atoms with Crippen molar-refractivity contribution in [2.45, 2.75) is 24.5 Å². The van der Waals surface area contributed by atoms with Crippen molar-refractivity contribution in [2.24, 2.45) is 4.99 Å². The third-order valence-corrected chi connectivity index (χ3v) is 5.28. The maximum atomic E-state index is 12.2. The Morgan fingerprint density at radius 1 is 1.22 bits per heavy atom. The lowest BCUT2D eigenvalue weighted by atomic mass is 10.2. The molecule has 0 amide bonds. The fraction of sp³-hybridized carbons (Fsp3) is 0.176. The lowest BCUT2D eigenvalue weighted by Gasteiger charge is -2.09. The van der Waals surface area contributed by atoms with Crippen molar-refractivity contribution in [3.8, 4) is 0 Å². The molecular weight excluding hydrogens is 374 g/mol. The van der Waals surface area contributed by atoms with E-state index in [1.54, 1.807) is 24.3 Å². The maximum absolute atomic E-state index is 12.2. The SMILES string of the molecule is C[C@H](N=C1NS(=O)(=O)c2ccccc21)C(=O)OCc1ccccc1[N+](=O)[O-]. The van der Waals surface area contributed by atoms with Gasteiger partial charge in [-0.05, 0) is 25.1 Å². The van der Waals surface area contributed by atoms with Crippen LogP contribution in [-0.4, -0.2) is 31.2 Å². The first-order valence-electron chi connectivity index (χ1n) is 7.88. The number of carbonyl (C=O) groups excluding carboxylic acids is 1. The molecule has 1 aliphatic rings. The predicted octanol–water partition coefficient (Wildman–Crippen LogP) is 1.77. The first-order chi connectivity index (χ1) is 12.8. The number of benzene rings is 2. The summed E-state index contributed by atoms with van der Waals surface area (Å²) in [6.45, 7) is 1.16. The van der Waals surface area contributed by atoms with Gasteiger partial charge in [0.05, 0.1) is 15.4 Å². The fourth-order valence-electron chi connectivity index (χ4n) is 2.56. The van der Waals surface area contributed by atoms with Crippen LogP contribution in [0.5, 0.6) is 0 Å². The lowest BCUT2D eigenvalue weighted by molar-refractivity contribution is -0.385. The van der Waals surface area contributed by atoms with E-state index < -0.39 is 27.0 Å². The highest BCUT2D eigenvalue weighted by atomic mass is 32.2. The number of hydrogen-bond donors (Lipinski definition) is 1. The van der Waals surface area contributed by atoms with Crippen molar-refractivity contribution in [2.75, 3.05) is 0 Å². The number of sulfonamides is 1. The van der Waals surface area contributed by atoms with E-state index in [0.717, 1.165) is 0 Å². The monoisotopic (exact) mass is 389 g/mol. The van der Waals surface area contributed by atoms with Crippen LogP contribution < -0.4 is 4.72 Å². The third kappa shape index (κ3) is 3.80. The summed E-state index contributed by atoms with van der Waals surface area (Å²) in [5, 5.41) is 11.0. The molecule has 1 heterocycles. The molecule has 0 spiro atoms. The summed E-state index contributed by atoms with van der Waals surface area (Å²) in [5.74, 6) is -0.676. The molecule has 0 unspecified atom stereocenters. The Morgan fingerprint density at radius 2 is 1.89 bits per heavy atom. The highest BCUT2D eigenvalue weighted by molar-refractivity contribution is 7.90. The zero-order valence-corrected chi connectivity index (χ0v) is 15.0. The van der Waals surface area contributed by atoms with Gasteiger partial charge in [0.2, 0.25) is 0 Å². The Hall–Kier alpha value is -3.27. The summed E-state index contributed by atoms with van der Waals surface area (Å²) in [4.78, 5) is 26.8. The molecule has 0 aliphatic carbocycles. The number of aliphatic imine (C=N–C) groups is 1. The zero-order chi connectivity index (χ0) is 19.6. The normalized spacial score (nSPS) is 17.0. The number of carbonyl (C=O) groups is 1. The van der Waals surface area contributed by atoms with Crippen molar-refractivity contribution in [3.05, 3.63) is 69.8 Å². The van der Waals surface area contributed by atoms with Crippen molar-refractivity contribution in [1.29, 1.82) is 0 Å². The van der Waals surface area contributed by atoms with E-state index in [1.807, 2.05) is 0 Å². The van der Waals surface area contributed by atoms with Gasteiger partial charge < -0.3 is 4.74 Å². The van der Waals surface area contributed by atoms with Gasteiger partial charge in [0.25, 0.3) is 15.7 Å². The van der Waals surface area contributed by atoms with Gasteiger partial charge in [0, 0.05) is 11.6 Å². The molecule has 2 aromatic carbocycles. The van der Waals surface area contributed by atoms with Gasteiger partial charge in [0.15, 0.2) is 0 Å². The molecule has 0 saturated heterocycles. The van der Waals surface area contributed by atoms with E-state index in [1.165, 1.54) is 31.2 Å². The molecule has 0 radical (unpaired) electrons. The molecular formula is C17H15N3O6S. The lowest BCUT2D eigenvalue weighted by Crippen LogP contribution is -2.26. The molecule has 9 nitrogen and oxygen atoms in total. The maximum Gasteiger partial charge on any atom is 0.330 e. The third-order valence-electron chi connectivity index (χ3n) is 3.88. The van der Waals surface area contributed by atoms with Gasteiger partial charge in [-0.1, -0.05) is 24.3 Å². The van der Waals surface area contributed by atoms with E-state index >= 15 is 0 Å². The highest BCUT2D eigenvalue weighted by Gasteiger charge is 2.31. The van der Waals surface area contributed by atoms with Crippen LogP contribution in [0, 0.1) is 10.1 Å². The Balaban J connectivity index is 1.74. The van der Waals surface area contributed by atoms with Crippen LogP contribution >= 0.6 is 0 Å². The molecule has 0 fully saturated rings. The minimum atomic E-state index is -3.70. The molecule has 0 bridgehead atoms. The Labute approximate surface area is 154 Å². The average Bonchev–Trinajstić information content (AvgIpc) is 2.90.